The molecule has 1 N–H and O–H groups in total. The van der Waals surface area contributed by atoms with Gasteiger partial charge < -0.3 is 0 Å². The molecule has 0 fully saturated rings. The Labute approximate surface area is 128 Å². The van der Waals surface area contributed by atoms with Gasteiger partial charge in [-0.15, -0.1) is 11.3 Å². The van der Waals surface area contributed by atoms with Gasteiger partial charge in [-0.2, -0.15) is 0 Å². The van der Waals surface area contributed by atoms with Crippen LogP contribution in [0.4, 0.5) is 0 Å². The molecule has 0 saturated carbocycles. The third kappa shape index (κ3) is 3.52. The van der Waals surface area contributed by atoms with Gasteiger partial charge in [0.2, 0.25) is 10.0 Å². The number of fused-ring (bicyclic) bond motifs is 1. The van der Waals surface area contributed by atoms with Gasteiger partial charge in [0.05, 0.1) is 15.1 Å². The van der Waals surface area contributed by atoms with Crippen LogP contribution in [-0.4, -0.2) is 25.2 Å². The lowest BCUT2D eigenvalue weighted by atomic mass is 10.3. The predicted octanol–water partition coefficient (Wildman–Crippen LogP) is 3.49. The molecule has 0 saturated heterocycles. The van der Waals surface area contributed by atoms with E-state index in [1.165, 1.54) is 11.3 Å². The second kappa shape index (κ2) is 6.43. The molecule has 2 rings (SSSR count). The first-order valence-electron chi connectivity index (χ1n) is 6.52. The zero-order chi connectivity index (χ0) is 14.8. The van der Waals surface area contributed by atoms with Gasteiger partial charge in [0, 0.05) is 6.04 Å². The van der Waals surface area contributed by atoms with Crippen molar-refractivity contribution in [3.8, 4) is 0 Å². The van der Waals surface area contributed by atoms with Crippen molar-refractivity contribution in [2.75, 3.05) is 5.75 Å². The van der Waals surface area contributed by atoms with Gasteiger partial charge >= 0.3 is 0 Å². The van der Waals surface area contributed by atoms with Crippen molar-refractivity contribution in [3.63, 3.8) is 0 Å². The monoisotopic (exact) mass is 330 g/mol. The topological polar surface area (TPSA) is 59.1 Å². The molecular formula is C13H18N2O2S3. The number of thioether (sulfide) groups is 1. The number of nitrogens with zero attached hydrogens (tertiary/aromatic N) is 1. The van der Waals surface area contributed by atoms with Gasteiger partial charge in [0.25, 0.3) is 0 Å². The van der Waals surface area contributed by atoms with Crippen LogP contribution in [0.2, 0.25) is 0 Å². The van der Waals surface area contributed by atoms with Crippen LogP contribution >= 0.6 is 23.1 Å². The summed E-state index contributed by atoms with van der Waals surface area (Å²) in [5, 5.41) is 0. The summed E-state index contributed by atoms with van der Waals surface area (Å²) >= 11 is 3.21. The number of benzene rings is 1. The number of nitrogens with one attached hydrogen (secondary N) is 1. The van der Waals surface area contributed by atoms with E-state index in [0.29, 0.717) is 4.90 Å². The van der Waals surface area contributed by atoms with Crippen molar-refractivity contribution < 1.29 is 8.42 Å². The lowest BCUT2D eigenvalue weighted by Gasteiger charge is -2.11. The fourth-order valence-corrected chi connectivity index (χ4v) is 5.08. The fraction of sp³-hybridized carbons (Fsp3) is 0.462. The number of aromatic nitrogens is 1. The Hall–Kier alpha value is -0.630. The summed E-state index contributed by atoms with van der Waals surface area (Å²) in [5.74, 6) is 0.959. The molecule has 2 aromatic rings. The maximum atomic E-state index is 12.2. The molecule has 1 heterocycles. The van der Waals surface area contributed by atoms with Gasteiger partial charge in [-0.3, -0.25) is 0 Å². The Kier molecular flexibility index (Phi) is 5.06. The maximum absolute atomic E-state index is 12.2. The Morgan fingerprint density at radius 1 is 1.40 bits per heavy atom. The van der Waals surface area contributed by atoms with Gasteiger partial charge in [-0.1, -0.05) is 25.6 Å². The Morgan fingerprint density at radius 3 is 2.80 bits per heavy atom. The zero-order valence-electron chi connectivity index (χ0n) is 11.7. The van der Waals surface area contributed by atoms with Gasteiger partial charge in [0.1, 0.15) is 0 Å². The summed E-state index contributed by atoms with van der Waals surface area (Å²) in [5.41, 5.74) is 0.855. The molecule has 0 spiro atoms. The van der Waals surface area contributed by atoms with Crippen molar-refractivity contribution >= 4 is 43.3 Å². The molecule has 1 aromatic heterocycles. The Bertz CT molecular complexity index is 695. The quantitative estimate of drug-likeness (QED) is 0.824. The van der Waals surface area contributed by atoms with E-state index in [2.05, 4.69) is 16.6 Å². The standard InChI is InChI=1S/C13H18N2O2S3/c1-4-9(3)15-20(16,17)10-6-7-11-12(8-10)19-13(14-11)18-5-2/h6-9,15H,4-5H2,1-3H3. The maximum Gasteiger partial charge on any atom is 0.240 e. The summed E-state index contributed by atoms with van der Waals surface area (Å²) < 4.78 is 29.1. The predicted molar refractivity (Wildman–Crippen MR) is 86.1 cm³/mol. The van der Waals surface area contributed by atoms with E-state index < -0.39 is 10.0 Å². The molecule has 0 amide bonds. The van der Waals surface area contributed by atoms with Crippen LogP contribution in [0.1, 0.15) is 27.2 Å². The SMILES string of the molecule is CCSc1nc2ccc(S(=O)(=O)NC(C)CC)cc2s1. The van der Waals surface area contributed by atoms with E-state index >= 15 is 0 Å². The summed E-state index contributed by atoms with van der Waals surface area (Å²) in [6.07, 6.45) is 0.763. The molecule has 4 nitrogen and oxygen atoms in total. The van der Waals surface area contributed by atoms with Crippen LogP contribution in [0.3, 0.4) is 0 Å². The first kappa shape index (κ1) is 15.8. The van der Waals surface area contributed by atoms with E-state index in [1.54, 1.807) is 30.0 Å². The first-order valence-corrected chi connectivity index (χ1v) is 9.80. The second-order valence-electron chi connectivity index (χ2n) is 4.47. The minimum Gasteiger partial charge on any atom is -0.230 e. The molecule has 7 heteroatoms. The molecule has 0 aliphatic rings. The molecule has 0 radical (unpaired) electrons. The molecule has 1 atom stereocenters. The van der Waals surface area contributed by atoms with Gasteiger partial charge in [-0.25, -0.2) is 18.1 Å². The van der Waals surface area contributed by atoms with Gasteiger partial charge in [0.15, 0.2) is 4.34 Å². The van der Waals surface area contributed by atoms with Crippen molar-refractivity contribution in [1.29, 1.82) is 0 Å². The van der Waals surface area contributed by atoms with Crippen LogP contribution in [0.5, 0.6) is 0 Å². The van der Waals surface area contributed by atoms with Gasteiger partial charge in [-0.05, 0) is 37.3 Å². The third-order valence-electron chi connectivity index (χ3n) is 2.89. The van der Waals surface area contributed by atoms with E-state index in [9.17, 15) is 8.42 Å². The highest BCUT2D eigenvalue weighted by Gasteiger charge is 2.17. The van der Waals surface area contributed by atoms with E-state index in [0.717, 1.165) is 26.7 Å². The Balaban J connectivity index is 2.35. The molecule has 110 valence electrons. The smallest absolute Gasteiger partial charge is 0.230 e. The number of sulfonamides is 1. The summed E-state index contributed by atoms with van der Waals surface area (Å²) in [6.45, 7) is 5.88. The van der Waals surface area contributed by atoms with Crippen molar-refractivity contribution in [2.24, 2.45) is 0 Å². The molecule has 1 aromatic carbocycles. The van der Waals surface area contributed by atoms with Crippen molar-refractivity contribution in [2.45, 2.75) is 42.5 Å². The minimum atomic E-state index is -3.44. The third-order valence-corrected chi connectivity index (χ3v) is 6.52. The highest BCUT2D eigenvalue weighted by Crippen LogP contribution is 2.30. The lowest BCUT2D eigenvalue weighted by Crippen LogP contribution is -2.31. The number of hydrogen-bond acceptors (Lipinski definition) is 5. The number of hydrogen-bond donors (Lipinski definition) is 1. The average molecular weight is 331 g/mol. The van der Waals surface area contributed by atoms with Crippen LogP contribution in [0, 0.1) is 0 Å². The van der Waals surface area contributed by atoms with Crippen molar-refractivity contribution in [3.05, 3.63) is 18.2 Å². The second-order valence-corrected chi connectivity index (χ2v) is 8.73. The Morgan fingerprint density at radius 2 is 2.15 bits per heavy atom. The number of rotatable bonds is 6. The summed E-state index contributed by atoms with van der Waals surface area (Å²) in [4.78, 5) is 4.78. The van der Waals surface area contributed by atoms with E-state index in [1.807, 2.05) is 13.8 Å². The largest absolute Gasteiger partial charge is 0.240 e. The fourth-order valence-electron chi connectivity index (χ4n) is 1.65. The zero-order valence-corrected chi connectivity index (χ0v) is 14.2. The van der Waals surface area contributed by atoms with Crippen LogP contribution in [-0.2, 0) is 10.0 Å². The highest BCUT2D eigenvalue weighted by molar-refractivity contribution is 8.01. The molecule has 20 heavy (non-hydrogen) atoms. The average Bonchev–Trinajstić information content (AvgIpc) is 2.79. The summed E-state index contributed by atoms with van der Waals surface area (Å²) in [7, 11) is -3.44. The van der Waals surface area contributed by atoms with Crippen LogP contribution < -0.4 is 4.72 Å². The normalized spacial score (nSPS) is 13.8. The molecule has 0 bridgehead atoms. The van der Waals surface area contributed by atoms with Crippen LogP contribution in [0.25, 0.3) is 10.2 Å². The first-order chi connectivity index (χ1) is 9.46. The molecule has 0 aliphatic carbocycles. The van der Waals surface area contributed by atoms with E-state index in [-0.39, 0.29) is 6.04 Å². The summed E-state index contributed by atoms with van der Waals surface area (Å²) in [6, 6.07) is 5.03. The highest BCUT2D eigenvalue weighted by atomic mass is 32.2. The minimum absolute atomic E-state index is 0.0663. The molecule has 1 unspecified atom stereocenters. The molecule has 0 aliphatic heterocycles. The lowest BCUT2D eigenvalue weighted by molar-refractivity contribution is 0.556. The van der Waals surface area contributed by atoms with Crippen LogP contribution in [0.15, 0.2) is 27.4 Å². The van der Waals surface area contributed by atoms with E-state index in [4.69, 9.17) is 0 Å². The number of thiazole rings is 1. The van der Waals surface area contributed by atoms with Crippen molar-refractivity contribution in [1.82, 2.24) is 9.71 Å². The molecular weight excluding hydrogens is 312 g/mol.